The summed E-state index contributed by atoms with van der Waals surface area (Å²) in [6, 6.07) is -0.225. The van der Waals surface area contributed by atoms with Crippen LogP contribution in [0.5, 0.6) is 0 Å². The Morgan fingerprint density at radius 1 is 1.33 bits per heavy atom. The number of nitrogens with zero attached hydrogens (tertiary/aromatic N) is 2. The standard InChI is InChI=1S/C15H27N3O2S/c1-5-18-13(4)15(11(2)16-18)12(3)17-21(19,20)10-14-8-6-7-9-14/h12,14,17H,5-10H2,1-4H3/t12-/m1/s1. The van der Waals surface area contributed by atoms with Crippen molar-refractivity contribution in [1.29, 1.82) is 0 Å². The summed E-state index contributed by atoms with van der Waals surface area (Å²) in [6.07, 6.45) is 4.41. The van der Waals surface area contributed by atoms with Gasteiger partial charge in [0.15, 0.2) is 0 Å². The van der Waals surface area contributed by atoms with E-state index in [9.17, 15) is 8.42 Å². The van der Waals surface area contributed by atoms with Crippen LogP contribution < -0.4 is 4.72 Å². The van der Waals surface area contributed by atoms with Crippen molar-refractivity contribution < 1.29 is 8.42 Å². The molecule has 6 heteroatoms. The van der Waals surface area contributed by atoms with E-state index in [0.717, 1.165) is 49.2 Å². The minimum absolute atomic E-state index is 0.225. The molecule has 0 amide bonds. The number of nitrogens with one attached hydrogen (secondary N) is 1. The van der Waals surface area contributed by atoms with E-state index in [1.54, 1.807) is 0 Å². The second kappa shape index (κ2) is 6.48. The molecule has 0 bridgehead atoms. The summed E-state index contributed by atoms with van der Waals surface area (Å²) in [5.41, 5.74) is 2.96. The summed E-state index contributed by atoms with van der Waals surface area (Å²) in [6.45, 7) is 8.69. The van der Waals surface area contributed by atoms with Gasteiger partial charge in [-0.1, -0.05) is 12.8 Å². The second-order valence-corrected chi connectivity index (χ2v) is 7.97. The zero-order chi connectivity index (χ0) is 15.6. The SMILES string of the molecule is CCn1nc(C)c([C@@H](C)NS(=O)(=O)CC2CCCC2)c1C. The van der Waals surface area contributed by atoms with Crippen LogP contribution in [0.1, 0.15) is 62.5 Å². The van der Waals surface area contributed by atoms with E-state index in [1.165, 1.54) is 0 Å². The van der Waals surface area contributed by atoms with Crippen molar-refractivity contribution in [2.24, 2.45) is 5.92 Å². The number of aromatic nitrogens is 2. The Labute approximate surface area is 128 Å². The topological polar surface area (TPSA) is 64.0 Å². The fourth-order valence-corrected chi connectivity index (χ4v) is 5.22. The molecule has 1 heterocycles. The van der Waals surface area contributed by atoms with Crippen LogP contribution in [0.2, 0.25) is 0 Å². The van der Waals surface area contributed by atoms with E-state index in [2.05, 4.69) is 9.82 Å². The maximum Gasteiger partial charge on any atom is 0.212 e. The first kappa shape index (κ1) is 16.5. The lowest BCUT2D eigenvalue weighted by Gasteiger charge is -2.17. The molecule has 21 heavy (non-hydrogen) atoms. The summed E-state index contributed by atoms with van der Waals surface area (Å²) in [4.78, 5) is 0. The third kappa shape index (κ3) is 3.86. The maximum atomic E-state index is 12.3. The molecule has 0 saturated heterocycles. The Kier molecular flexibility index (Phi) is 5.09. The van der Waals surface area contributed by atoms with Crippen LogP contribution in [0.4, 0.5) is 0 Å². The minimum atomic E-state index is -3.23. The Hall–Kier alpha value is -0.880. The molecule has 0 aromatic carbocycles. The summed E-state index contributed by atoms with van der Waals surface area (Å²) in [5.74, 6) is 0.590. The van der Waals surface area contributed by atoms with Gasteiger partial charge in [-0.3, -0.25) is 4.68 Å². The molecule has 1 saturated carbocycles. The lowest BCUT2D eigenvalue weighted by Crippen LogP contribution is -2.32. The predicted octanol–water partition coefficient (Wildman–Crippen LogP) is 2.69. The average molecular weight is 313 g/mol. The van der Waals surface area contributed by atoms with E-state index >= 15 is 0 Å². The zero-order valence-corrected chi connectivity index (χ0v) is 14.3. The van der Waals surface area contributed by atoms with Crippen LogP contribution in [-0.2, 0) is 16.6 Å². The molecular weight excluding hydrogens is 286 g/mol. The van der Waals surface area contributed by atoms with Crippen LogP contribution in [0.25, 0.3) is 0 Å². The zero-order valence-electron chi connectivity index (χ0n) is 13.5. The van der Waals surface area contributed by atoms with Crippen LogP contribution in [0.3, 0.4) is 0 Å². The summed E-state index contributed by atoms with van der Waals surface area (Å²) in [7, 11) is -3.23. The van der Waals surface area contributed by atoms with Gasteiger partial charge in [0.25, 0.3) is 0 Å². The highest BCUT2D eigenvalue weighted by molar-refractivity contribution is 7.89. The lowest BCUT2D eigenvalue weighted by molar-refractivity contribution is 0.536. The van der Waals surface area contributed by atoms with Crippen LogP contribution >= 0.6 is 0 Å². The maximum absolute atomic E-state index is 12.3. The molecule has 1 aliphatic rings. The van der Waals surface area contributed by atoms with E-state index in [1.807, 2.05) is 32.4 Å². The van der Waals surface area contributed by atoms with E-state index in [-0.39, 0.29) is 11.8 Å². The van der Waals surface area contributed by atoms with Crippen molar-refractivity contribution in [3.05, 3.63) is 17.0 Å². The largest absolute Gasteiger partial charge is 0.270 e. The van der Waals surface area contributed by atoms with Gasteiger partial charge in [0.05, 0.1) is 11.4 Å². The molecule has 0 unspecified atom stereocenters. The van der Waals surface area contributed by atoms with Gasteiger partial charge in [-0.25, -0.2) is 13.1 Å². The molecule has 1 fully saturated rings. The molecule has 2 rings (SSSR count). The highest BCUT2D eigenvalue weighted by Gasteiger charge is 2.26. The number of aryl methyl sites for hydroxylation is 2. The van der Waals surface area contributed by atoms with E-state index < -0.39 is 10.0 Å². The van der Waals surface area contributed by atoms with E-state index in [4.69, 9.17) is 0 Å². The van der Waals surface area contributed by atoms with Crippen molar-refractivity contribution >= 4 is 10.0 Å². The Balaban J connectivity index is 2.09. The van der Waals surface area contributed by atoms with Crippen molar-refractivity contribution in [3.63, 3.8) is 0 Å². The second-order valence-electron chi connectivity index (χ2n) is 6.17. The van der Waals surface area contributed by atoms with Crippen molar-refractivity contribution in [2.45, 2.75) is 66.0 Å². The fraction of sp³-hybridized carbons (Fsp3) is 0.800. The monoisotopic (exact) mass is 313 g/mol. The van der Waals surface area contributed by atoms with Gasteiger partial charge >= 0.3 is 0 Å². The molecule has 1 aromatic heterocycles. The number of rotatable bonds is 6. The number of hydrogen-bond acceptors (Lipinski definition) is 3. The van der Waals surface area contributed by atoms with E-state index in [0.29, 0.717) is 5.92 Å². The molecule has 5 nitrogen and oxygen atoms in total. The summed E-state index contributed by atoms with van der Waals surface area (Å²) < 4.78 is 29.4. The van der Waals surface area contributed by atoms with Gasteiger partial charge in [0.1, 0.15) is 0 Å². The molecule has 120 valence electrons. The Bertz CT molecular complexity index is 586. The molecule has 0 spiro atoms. The molecule has 0 radical (unpaired) electrons. The third-order valence-electron chi connectivity index (χ3n) is 4.46. The van der Waals surface area contributed by atoms with Gasteiger partial charge in [-0.15, -0.1) is 0 Å². The van der Waals surface area contributed by atoms with Gasteiger partial charge in [-0.05, 0) is 46.5 Å². The first-order valence-corrected chi connectivity index (χ1v) is 9.53. The van der Waals surface area contributed by atoms with Gasteiger partial charge < -0.3 is 0 Å². The molecule has 1 N–H and O–H groups in total. The number of sulfonamides is 1. The number of hydrogen-bond donors (Lipinski definition) is 1. The highest BCUT2D eigenvalue weighted by Crippen LogP contribution is 2.27. The first-order chi connectivity index (χ1) is 9.84. The predicted molar refractivity (Wildman–Crippen MR) is 84.7 cm³/mol. The lowest BCUT2D eigenvalue weighted by atomic mass is 10.1. The van der Waals surface area contributed by atoms with Crippen molar-refractivity contribution in [1.82, 2.24) is 14.5 Å². The molecule has 1 aliphatic carbocycles. The van der Waals surface area contributed by atoms with Crippen molar-refractivity contribution in [3.8, 4) is 0 Å². The van der Waals surface area contributed by atoms with Crippen molar-refractivity contribution in [2.75, 3.05) is 5.75 Å². The van der Waals surface area contributed by atoms with Crippen LogP contribution in [0.15, 0.2) is 0 Å². The highest BCUT2D eigenvalue weighted by atomic mass is 32.2. The molecule has 0 aliphatic heterocycles. The summed E-state index contributed by atoms with van der Waals surface area (Å²) >= 11 is 0. The normalized spacial score (nSPS) is 18.3. The van der Waals surface area contributed by atoms with Crippen LogP contribution in [0, 0.1) is 19.8 Å². The smallest absolute Gasteiger partial charge is 0.212 e. The molecular formula is C15H27N3O2S. The van der Waals surface area contributed by atoms with Gasteiger partial charge in [0.2, 0.25) is 10.0 Å². The fourth-order valence-electron chi connectivity index (χ4n) is 3.51. The quantitative estimate of drug-likeness (QED) is 0.878. The molecule has 1 atom stereocenters. The average Bonchev–Trinajstić information content (AvgIpc) is 2.96. The minimum Gasteiger partial charge on any atom is -0.270 e. The molecule has 1 aromatic rings. The van der Waals surface area contributed by atoms with Crippen LogP contribution in [-0.4, -0.2) is 24.0 Å². The third-order valence-corrected chi connectivity index (χ3v) is 6.08. The Morgan fingerprint density at radius 3 is 2.48 bits per heavy atom. The Morgan fingerprint density at radius 2 is 1.95 bits per heavy atom. The van der Waals surface area contributed by atoms with Gasteiger partial charge in [0, 0.05) is 23.8 Å². The van der Waals surface area contributed by atoms with Gasteiger partial charge in [-0.2, -0.15) is 5.10 Å². The summed E-state index contributed by atoms with van der Waals surface area (Å²) in [5, 5.41) is 4.46. The first-order valence-electron chi connectivity index (χ1n) is 7.88.